The number of aromatic nitrogens is 1. The molecule has 0 aliphatic heterocycles. The summed E-state index contributed by atoms with van der Waals surface area (Å²) in [6, 6.07) is 17.6. The molecule has 0 N–H and O–H groups in total. The third-order valence-electron chi connectivity index (χ3n) is 3.58. The number of benzene rings is 2. The van der Waals surface area contributed by atoms with E-state index in [-0.39, 0.29) is 5.78 Å². The molecular formula is C18H14N2O. The van der Waals surface area contributed by atoms with Crippen LogP contribution in [0.3, 0.4) is 0 Å². The molecule has 3 heteroatoms. The summed E-state index contributed by atoms with van der Waals surface area (Å²) in [6.45, 7) is 2.23. The Kier molecular flexibility index (Phi) is 3.29. The van der Waals surface area contributed by atoms with Gasteiger partial charge in [-0.3, -0.25) is 4.79 Å². The van der Waals surface area contributed by atoms with E-state index in [1.165, 1.54) is 0 Å². The zero-order valence-electron chi connectivity index (χ0n) is 11.7. The van der Waals surface area contributed by atoms with Crippen molar-refractivity contribution in [3.8, 4) is 6.07 Å². The van der Waals surface area contributed by atoms with Gasteiger partial charge in [-0.05, 0) is 30.7 Å². The fraction of sp³-hybridized carbons (Fsp3) is 0.111. The molecule has 0 fully saturated rings. The first-order valence-corrected chi connectivity index (χ1v) is 6.77. The van der Waals surface area contributed by atoms with Crippen LogP contribution in [0.2, 0.25) is 0 Å². The number of para-hydroxylation sites is 1. The number of carbonyl (C=O) groups is 1. The van der Waals surface area contributed by atoms with Crippen LogP contribution in [0.25, 0.3) is 10.9 Å². The summed E-state index contributed by atoms with van der Waals surface area (Å²) in [6.07, 6.45) is 1.89. The number of ketones is 1. The van der Waals surface area contributed by atoms with Crippen LogP contribution in [-0.4, -0.2) is 10.4 Å². The maximum Gasteiger partial charge on any atom is 0.161 e. The van der Waals surface area contributed by atoms with Crippen molar-refractivity contribution >= 4 is 16.7 Å². The average Bonchev–Trinajstić information content (AvgIpc) is 2.87. The minimum absolute atomic E-state index is 0.0655. The molecule has 0 bridgehead atoms. The van der Waals surface area contributed by atoms with E-state index >= 15 is 0 Å². The quantitative estimate of drug-likeness (QED) is 0.682. The summed E-state index contributed by atoms with van der Waals surface area (Å²) in [4.78, 5) is 11.8. The van der Waals surface area contributed by atoms with Crippen molar-refractivity contribution in [1.82, 2.24) is 4.57 Å². The summed E-state index contributed by atoms with van der Waals surface area (Å²) in [5.74, 6) is 0.0655. The Morgan fingerprint density at radius 3 is 2.76 bits per heavy atom. The Labute approximate surface area is 123 Å². The summed E-state index contributed by atoms with van der Waals surface area (Å²) in [7, 11) is 0. The van der Waals surface area contributed by atoms with Gasteiger partial charge < -0.3 is 4.57 Å². The fourth-order valence-corrected chi connectivity index (χ4v) is 2.59. The topological polar surface area (TPSA) is 45.8 Å². The highest BCUT2D eigenvalue weighted by Gasteiger charge is 2.11. The number of fused-ring (bicyclic) bond motifs is 1. The van der Waals surface area contributed by atoms with Crippen LogP contribution in [0.5, 0.6) is 0 Å². The lowest BCUT2D eigenvalue weighted by Gasteiger charge is -2.05. The highest BCUT2D eigenvalue weighted by Crippen LogP contribution is 2.23. The predicted octanol–water partition coefficient (Wildman–Crippen LogP) is 3.76. The zero-order chi connectivity index (χ0) is 14.8. The molecule has 3 aromatic rings. The fourth-order valence-electron chi connectivity index (χ4n) is 2.59. The van der Waals surface area contributed by atoms with E-state index in [2.05, 4.69) is 10.6 Å². The lowest BCUT2D eigenvalue weighted by Crippen LogP contribution is -1.98. The highest BCUT2D eigenvalue weighted by atomic mass is 16.1. The summed E-state index contributed by atoms with van der Waals surface area (Å²) >= 11 is 0. The largest absolute Gasteiger partial charge is 0.342 e. The van der Waals surface area contributed by atoms with Gasteiger partial charge in [0.1, 0.15) is 0 Å². The Hall–Kier alpha value is -2.86. The molecule has 1 heterocycles. The third-order valence-corrected chi connectivity index (χ3v) is 3.58. The Balaban J connectivity index is 2.08. The Morgan fingerprint density at radius 1 is 1.19 bits per heavy atom. The number of hydrogen-bond donors (Lipinski definition) is 0. The van der Waals surface area contributed by atoms with Gasteiger partial charge in [-0.15, -0.1) is 0 Å². The van der Waals surface area contributed by atoms with Crippen molar-refractivity contribution in [2.45, 2.75) is 13.5 Å². The van der Waals surface area contributed by atoms with Crippen molar-refractivity contribution in [2.75, 3.05) is 0 Å². The zero-order valence-corrected chi connectivity index (χ0v) is 11.7. The van der Waals surface area contributed by atoms with Crippen molar-refractivity contribution in [3.05, 3.63) is 71.4 Å². The summed E-state index contributed by atoms with van der Waals surface area (Å²) < 4.78 is 2.06. The minimum atomic E-state index is 0.0655. The molecule has 0 atom stereocenters. The van der Waals surface area contributed by atoms with Crippen molar-refractivity contribution in [2.24, 2.45) is 0 Å². The molecule has 3 rings (SSSR count). The lowest BCUT2D eigenvalue weighted by atomic mass is 10.1. The van der Waals surface area contributed by atoms with Crippen molar-refractivity contribution in [3.63, 3.8) is 0 Å². The molecule has 102 valence electrons. The van der Waals surface area contributed by atoms with Crippen LogP contribution in [0.15, 0.2) is 54.7 Å². The molecule has 1 aromatic heterocycles. The SMILES string of the molecule is CC(=O)c1cn(Cc2cccc(C#N)c2)c2ccccc12. The van der Waals surface area contributed by atoms with Crippen LogP contribution in [0.1, 0.15) is 28.4 Å². The second-order valence-electron chi connectivity index (χ2n) is 5.06. The van der Waals surface area contributed by atoms with Gasteiger partial charge in [-0.25, -0.2) is 0 Å². The van der Waals surface area contributed by atoms with Gasteiger partial charge in [-0.2, -0.15) is 5.26 Å². The molecule has 3 nitrogen and oxygen atoms in total. The smallest absolute Gasteiger partial charge is 0.161 e. The van der Waals surface area contributed by atoms with Crippen molar-refractivity contribution < 1.29 is 4.79 Å². The van der Waals surface area contributed by atoms with Gasteiger partial charge in [-0.1, -0.05) is 30.3 Å². The molecule has 0 saturated carbocycles. The molecule has 2 aromatic carbocycles. The standard InChI is InChI=1S/C18H14N2O/c1-13(21)17-12-20(18-8-3-2-7-16(17)18)11-15-6-4-5-14(9-15)10-19/h2-9,12H,11H2,1H3. The normalized spacial score (nSPS) is 10.5. The third kappa shape index (κ3) is 2.44. The molecule has 0 spiro atoms. The van der Waals surface area contributed by atoms with Crippen LogP contribution >= 0.6 is 0 Å². The Morgan fingerprint density at radius 2 is 2.00 bits per heavy atom. The molecule has 0 amide bonds. The first kappa shape index (κ1) is 13.1. The number of carbonyl (C=O) groups excluding carboxylic acids is 1. The average molecular weight is 274 g/mol. The van der Waals surface area contributed by atoms with Crippen molar-refractivity contribution in [1.29, 1.82) is 5.26 Å². The predicted molar refractivity (Wildman–Crippen MR) is 82.2 cm³/mol. The minimum Gasteiger partial charge on any atom is -0.342 e. The van der Waals surface area contributed by atoms with Gasteiger partial charge in [0, 0.05) is 29.2 Å². The number of Topliss-reactive ketones (excluding diaryl/α,β-unsaturated/α-hetero) is 1. The monoisotopic (exact) mass is 274 g/mol. The maximum absolute atomic E-state index is 11.8. The number of rotatable bonds is 3. The summed E-state index contributed by atoms with van der Waals surface area (Å²) in [5.41, 5.74) is 3.47. The van der Waals surface area contributed by atoms with Gasteiger partial charge in [0.2, 0.25) is 0 Å². The number of nitriles is 1. The molecule has 21 heavy (non-hydrogen) atoms. The van der Waals surface area contributed by atoms with Gasteiger partial charge in [0.25, 0.3) is 0 Å². The second-order valence-corrected chi connectivity index (χ2v) is 5.06. The van der Waals surface area contributed by atoms with Gasteiger partial charge in [0.15, 0.2) is 5.78 Å². The summed E-state index contributed by atoms with van der Waals surface area (Å²) in [5, 5.41) is 9.95. The van der Waals surface area contributed by atoms with Crippen LogP contribution in [0.4, 0.5) is 0 Å². The molecule has 0 radical (unpaired) electrons. The highest BCUT2D eigenvalue weighted by molar-refractivity contribution is 6.06. The van der Waals surface area contributed by atoms with E-state index < -0.39 is 0 Å². The van der Waals surface area contributed by atoms with Crippen LogP contribution in [-0.2, 0) is 6.54 Å². The lowest BCUT2D eigenvalue weighted by molar-refractivity contribution is 0.101. The molecule has 0 aliphatic carbocycles. The first-order chi connectivity index (χ1) is 10.2. The van der Waals surface area contributed by atoms with Crippen LogP contribution in [0, 0.1) is 11.3 Å². The number of nitrogens with zero attached hydrogens (tertiary/aromatic N) is 2. The second kappa shape index (κ2) is 5.26. The Bertz CT molecular complexity index is 868. The van der Waals surface area contributed by atoms with E-state index in [1.54, 1.807) is 13.0 Å². The van der Waals surface area contributed by atoms with E-state index in [9.17, 15) is 4.79 Å². The van der Waals surface area contributed by atoms with E-state index in [4.69, 9.17) is 5.26 Å². The van der Waals surface area contributed by atoms with Crippen LogP contribution < -0.4 is 0 Å². The maximum atomic E-state index is 11.8. The molecule has 0 saturated heterocycles. The van der Waals surface area contributed by atoms with E-state index in [0.29, 0.717) is 12.1 Å². The van der Waals surface area contributed by atoms with E-state index in [1.807, 2.05) is 48.7 Å². The van der Waals surface area contributed by atoms with E-state index in [0.717, 1.165) is 22.0 Å². The molecular weight excluding hydrogens is 260 g/mol. The molecule has 0 aliphatic rings. The van der Waals surface area contributed by atoms with Gasteiger partial charge in [0.05, 0.1) is 11.6 Å². The molecule has 0 unspecified atom stereocenters. The first-order valence-electron chi connectivity index (χ1n) is 6.77. The van der Waals surface area contributed by atoms with Gasteiger partial charge >= 0.3 is 0 Å². The number of hydrogen-bond acceptors (Lipinski definition) is 2.